The lowest BCUT2D eigenvalue weighted by atomic mass is 10.1. The van der Waals surface area contributed by atoms with Crippen LogP contribution in [0.5, 0.6) is 0 Å². The van der Waals surface area contributed by atoms with Gasteiger partial charge >= 0.3 is 0 Å². The summed E-state index contributed by atoms with van der Waals surface area (Å²) >= 11 is 5.95. The summed E-state index contributed by atoms with van der Waals surface area (Å²) in [4.78, 5) is 4.74. The molecule has 0 aliphatic heterocycles. The maximum absolute atomic E-state index is 9.37. The molecule has 0 saturated carbocycles. The summed E-state index contributed by atoms with van der Waals surface area (Å²) in [7, 11) is 0. The number of aliphatic hydroxyl groups is 1. The second-order valence-corrected chi connectivity index (χ2v) is 5.68. The number of rotatable bonds is 3. The van der Waals surface area contributed by atoms with Crippen LogP contribution in [0, 0.1) is 13.8 Å². The van der Waals surface area contributed by atoms with Crippen molar-refractivity contribution in [2.45, 2.75) is 20.4 Å². The highest BCUT2D eigenvalue weighted by Gasteiger charge is 2.13. The number of aromatic nitrogens is 2. The number of fused-ring (bicyclic) bond motifs is 1. The van der Waals surface area contributed by atoms with E-state index in [-0.39, 0.29) is 6.61 Å². The van der Waals surface area contributed by atoms with Gasteiger partial charge in [0, 0.05) is 17.1 Å². The van der Waals surface area contributed by atoms with Crippen LogP contribution in [-0.4, -0.2) is 21.3 Å². The van der Waals surface area contributed by atoms with Crippen LogP contribution in [0.4, 0.5) is 0 Å². The zero-order chi connectivity index (χ0) is 15.0. The fourth-order valence-electron chi connectivity index (χ4n) is 2.53. The Morgan fingerprint density at radius 2 is 1.76 bits per heavy atom. The number of hydrogen-bond donors (Lipinski definition) is 1. The van der Waals surface area contributed by atoms with Gasteiger partial charge in [0.25, 0.3) is 0 Å². The molecule has 4 heteroatoms. The molecule has 0 saturated heterocycles. The zero-order valence-electron chi connectivity index (χ0n) is 12.1. The van der Waals surface area contributed by atoms with Crippen molar-refractivity contribution in [2.75, 3.05) is 6.61 Å². The second kappa shape index (κ2) is 5.51. The molecule has 3 nitrogen and oxygen atoms in total. The number of benzene rings is 2. The van der Waals surface area contributed by atoms with Gasteiger partial charge in [0.05, 0.1) is 17.6 Å². The fourth-order valence-corrected chi connectivity index (χ4v) is 2.65. The summed E-state index contributed by atoms with van der Waals surface area (Å²) in [5.74, 6) is 0.862. The molecule has 108 valence electrons. The minimum Gasteiger partial charge on any atom is -0.395 e. The van der Waals surface area contributed by atoms with E-state index in [0.29, 0.717) is 11.6 Å². The van der Waals surface area contributed by atoms with Crippen molar-refractivity contribution in [1.82, 2.24) is 9.55 Å². The Hall–Kier alpha value is -1.84. The first-order valence-corrected chi connectivity index (χ1v) is 7.32. The summed E-state index contributed by atoms with van der Waals surface area (Å²) < 4.78 is 2.06. The number of halogens is 1. The van der Waals surface area contributed by atoms with Crippen molar-refractivity contribution in [3.63, 3.8) is 0 Å². The van der Waals surface area contributed by atoms with Gasteiger partial charge in [-0.25, -0.2) is 4.98 Å². The van der Waals surface area contributed by atoms with E-state index in [4.69, 9.17) is 16.6 Å². The van der Waals surface area contributed by atoms with E-state index in [1.54, 1.807) is 0 Å². The monoisotopic (exact) mass is 300 g/mol. The summed E-state index contributed by atoms with van der Waals surface area (Å²) in [6, 6.07) is 11.9. The van der Waals surface area contributed by atoms with E-state index in [1.165, 1.54) is 11.1 Å². The Morgan fingerprint density at radius 3 is 2.43 bits per heavy atom. The molecular weight excluding hydrogens is 284 g/mol. The van der Waals surface area contributed by atoms with Crippen molar-refractivity contribution in [3.05, 3.63) is 52.5 Å². The van der Waals surface area contributed by atoms with Gasteiger partial charge in [-0.2, -0.15) is 0 Å². The summed E-state index contributed by atoms with van der Waals surface area (Å²) in [5, 5.41) is 10.1. The zero-order valence-corrected chi connectivity index (χ0v) is 12.9. The molecule has 1 aromatic heterocycles. The highest BCUT2D eigenvalue weighted by Crippen LogP contribution is 2.27. The largest absolute Gasteiger partial charge is 0.395 e. The molecule has 1 N–H and O–H groups in total. The average Bonchev–Trinajstić information content (AvgIpc) is 2.79. The summed E-state index contributed by atoms with van der Waals surface area (Å²) in [6.07, 6.45) is 0. The predicted octanol–water partition coefficient (Wildman–Crippen LogP) is 3.97. The van der Waals surface area contributed by atoms with Crippen molar-refractivity contribution >= 4 is 22.6 Å². The lowest BCUT2D eigenvalue weighted by Gasteiger charge is -2.08. The van der Waals surface area contributed by atoms with Crippen LogP contribution in [0.1, 0.15) is 11.1 Å². The van der Waals surface area contributed by atoms with Crippen molar-refractivity contribution in [2.24, 2.45) is 0 Å². The molecule has 0 bridgehead atoms. The Bertz CT molecular complexity index is 791. The minimum atomic E-state index is 0.0823. The second-order valence-electron chi connectivity index (χ2n) is 5.24. The molecule has 0 radical (unpaired) electrons. The Labute approximate surface area is 128 Å². The average molecular weight is 301 g/mol. The third-order valence-corrected chi connectivity index (χ3v) is 4.04. The third-order valence-electron chi connectivity index (χ3n) is 3.79. The minimum absolute atomic E-state index is 0.0823. The first-order valence-electron chi connectivity index (χ1n) is 6.94. The van der Waals surface area contributed by atoms with Crippen molar-refractivity contribution < 1.29 is 5.11 Å². The summed E-state index contributed by atoms with van der Waals surface area (Å²) in [6.45, 7) is 4.78. The van der Waals surface area contributed by atoms with Gasteiger partial charge in [0.1, 0.15) is 5.82 Å². The fraction of sp³-hybridized carbons (Fsp3) is 0.235. The van der Waals surface area contributed by atoms with Crippen LogP contribution >= 0.6 is 11.6 Å². The molecule has 2 aromatic carbocycles. The van der Waals surface area contributed by atoms with Gasteiger partial charge in [-0.3, -0.25) is 0 Å². The van der Waals surface area contributed by atoms with Gasteiger partial charge in [-0.15, -0.1) is 0 Å². The van der Waals surface area contributed by atoms with E-state index >= 15 is 0 Å². The first kappa shape index (κ1) is 14.1. The van der Waals surface area contributed by atoms with Gasteiger partial charge in [0.15, 0.2) is 0 Å². The molecule has 0 aliphatic rings. The van der Waals surface area contributed by atoms with Gasteiger partial charge in [-0.05, 0) is 61.4 Å². The molecular formula is C17H17ClN2O. The molecule has 0 aliphatic carbocycles. The quantitative estimate of drug-likeness (QED) is 0.795. The highest BCUT2D eigenvalue weighted by molar-refractivity contribution is 6.30. The molecule has 0 amide bonds. The predicted molar refractivity (Wildman–Crippen MR) is 86.7 cm³/mol. The maximum atomic E-state index is 9.37. The topological polar surface area (TPSA) is 38.0 Å². The summed E-state index contributed by atoms with van der Waals surface area (Å²) in [5.41, 5.74) is 5.45. The van der Waals surface area contributed by atoms with E-state index < -0.39 is 0 Å². The molecule has 1 heterocycles. The van der Waals surface area contributed by atoms with Crippen LogP contribution in [0.25, 0.3) is 22.4 Å². The van der Waals surface area contributed by atoms with Crippen LogP contribution < -0.4 is 0 Å². The van der Waals surface area contributed by atoms with Crippen molar-refractivity contribution in [3.8, 4) is 11.4 Å². The molecule has 0 spiro atoms. The van der Waals surface area contributed by atoms with Crippen molar-refractivity contribution in [1.29, 1.82) is 0 Å². The van der Waals surface area contributed by atoms with Crippen LogP contribution in [0.3, 0.4) is 0 Å². The Balaban J connectivity index is 2.25. The smallest absolute Gasteiger partial charge is 0.141 e. The van der Waals surface area contributed by atoms with Gasteiger partial charge < -0.3 is 9.67 Å². The Kier molecular flexibility index (Phi) is 3.70. The van der Waals surface area contributed by atoms with E-state index in [9.17, 15) is 5.11 Å². The molecule has 0 unspecified atom stereocenters. The third kappa shape index (κ3) is 2.55. The number of aryl methyl sites for hydroxylation is 2. The molecule has 0 atom stereocenters. The van der Waals surface area contributed by atoms with Crippen LogP contribution in [-0.2, 0) is 6.54 Å². The number of hydrogen-bond acceptors (Lipinski definition) is 2. The highest BCUT2D eigenvalue weighted by atomic mass is 35.5. The lowest BCUT2D eigenvalue weighted by Crippen LogP contribution is -2.04. The number of aliphatic hydroxyl groups excluding tert-OH is 1. The number of nitrogens with zero attached hydrogens (tertiary/aromatic N) is 2. The Morgan fingerprint density at radius 1 is 1.10 bits per heavy atom. The maximum Gasteiger partial charge on any atom is 0.141 e. The normalized spacial score (nSPS) is 11.2. The first-order chi connectivity index (χ1) is 10.1. The lowest BCUT2D eigenvalue weighted by molar-refractivity contribution is 0.278. The molecule has 3 rings (SSSR count). The SMILES string of the molecule is Cc1cc2nc(-c3ccc(Cl)cc3)n(CCO)c2cc1C. The van der Waals surface area contributed by atoms with Crippen LogP contribution in [0.2, 0.25) is 5.02 Å². The van der Waals surface area contributed by atoms with E-state index in [2.05, 4.69) is 30.5 Å². The standard InChI is InChI=1S/C17H17ClN2O/c1-11-9-15-16(10-12(11)2)20(7-8-21)17(19-15)13-3-5-14(18)6-4-13/h3-6,9-10,21H,7-8H2,1-2H3. The van der Waals surface area contributed by atoms with E-state index in [1.807, 2.05) is 24.3 Å². The van der Waals surface area contributed by atoms with E-state index in [0.717, 1.165) is 22.4 Å². The number of imidazole rings is 1. The molecule has 21 heavy (non-hydrogen) atoms. The van der Waals surface area contributed by atoms with Crippen LogP contribution in [0.15, 0.2) is 36.4 Å². The molecule has 0 fully saturated rings. The van der Waals surface area contributed by atoms with Gasteiger partial charge in [-0.1, -0.05) is 11.6 Å². The molecule has 3 aromatic rings. The van der Waals surface area contributed by atoms with Gasteiger partial charge in [0.2, 0.25) is 0 Å².